The molecule has 6 rings (SSSR count). The van der Waals surface area contributed by atoms with Gasteiger partial charge in [-0.25, -0.2) is 14.2 Å². The number of aromatic nitrogens is 2. The summed E-state index contributed by atoms with van der Waals surface area (Å²) < 4.78 is 27.2. The van der Waals surface area contributed by atoms with Crippen LogP contribution in [0.1, 0.15) is 80.0 Å². The van der Waals surface area contributed by atoms with Crippen LogP contribution in [0.3, 0.4) is 0 Å². The number of cyclic esters (lactones) is 1. The van der Waals surface area contributed by atoms with Crippen molar-refractivity contribution in [3.8, 4) is 11.4 Å². The average molecular weight is 580 g/mol. The Morgan fingerprint density at radius 2 is 2.02 bits per heavy atom. The molecule has 222 valence electrons. The van der Waals surface area contributed by atoms with Gasteiger partial charge in [-0.2, -0.15) is 0 Å². The predicted octanol–water partition coefficient (Wildman–Crippen LogP) is 3.01. The summed E-state index contributed by atoms with van der Waals surface area (Å²) in [5.74, 6) is -1.93. The third-order valence-corrected chi connectivity index (χ3v) is 8.59. The van der Waals surface area contributed by atoms with Crippen molar-refractivity contribution >= 4 is 22.8 Å². The topological polar surface area (TPSA) is 140 Å². The van der Waals surface area contributed by atoms with Gasteiger partial charge in [-0.05, 0) is 54.4 Å². The number of aryl methyl sites for hydroxylation is 1. The van der Waals surface area contributed by atoms with Crippen molar-refractivity contribution in [1.82, 2.24) is 14.9 Å². The first-order chi connectivity index (χ1) is 19.7. The molecule has 1 amide bonds. The normalized spacial score (nSPS) is 21.4. The van der Waals surface area contributed by atoms with Crippen LogP contribution in [0.4, 0.5) is 4.39 Å². The summed E-state index contributed by atoms with van der Waals surface area (Å²) in [5, 5.41) is 25.3. The molecule has 0 bridgehead atoms. The Balaban J connectivity index is 1.51. The van der Waals surface area contributed by atoms with Gasteiger partial charge in [0.1, 0.15) is 12.4 Å². The number of carbonyl (C=O) groups excluding carboxylic acids is 2. The maximum Gasteiger partial charge on any atom is 0.343 e. The number of aliphatic hydroxyl groups excluding tert-OH is 1. The molecule has 0 saturated heterocycles. The number of rotatable bonds is 5. The molecule has 11 heteroatoms. The van der Waals surface area contributed by atoms with Gasteiger partial charge in [0, 0.05) is 22.6 Å². The number of carbonyl (C=O) groups is 2. The van der Waals surface area contributed by atoms with Gasteiger partial charge in [0.05, 0.1) is 41.7 Å². The molecule has 42 heavy (non-hydrogen) atoms. The largest absolute Gasteiger partial charge is 0.458 e. The molecule has 0 spiro atoms. The molecule has 0 saturated carbocycles. The second-order valence-corrected chi connectivity index (χ2v) is 12.6. The van der Waals surface area contributed by atoms with E-state index in [1.807, 2.05) is 20.8 Å². The molecule has 3 aromatic rings. The number of pyridine rings is 2. The standard InChI is InChI=1S/C31H34FN3O7/c1-6-31(40)18-9-22-25-16(11-35(22)27(37)17(18)12-41-29(31)39)24-20(34-26(36)28(38)42-13-30(3,4)5)8-7-15-14(2)19(32)10-21(33-25)23(15)24/h9-10,20,28,38,40H,6-8,11-13H2,1-5H3,(H,34,36)/t20-,28?,31-/m0/s1. The zero-order chi connectivity index (χ0) is 30.3. The second-order valence-electron chi connectivity index (χ2n) is 12.6. The quantitative estimate of drug-likeness (QED) is 0.242. The Labute approximate surface area is 241 Å². The van der Waals surface area contributed by atoms with E-state index in [2.05, 4.69) is 5.32 Å². The number of ether oxygens (including phenoxy) is 2. The summed E-state index contributed by atoms with van der Waals surface area (Å²) >= 11 is 0. The summed E-state index contributed by atoms with van der Waals surface area (Å²) in [5.41, 5.74) is 1.55. The molecule has 1 aromatic carbocycles. The van der Waals surface area contributed by atoms with E-state index in [4.69, 9.17) is 14.5 Å². The SMILES string of the molecule is CC[C@@]1(O)C(=O)OCc2c1cc1n(c2=O)Cc2c-1nc1cc(F)c(C)c3c1c2[C@@H](NC(=O)C(O)OCC(C)(C)C)CC3. The van der Waals surface area contributed by atoms with Gasteiger partial charge in [0.2, 0.25) is 6.29 Å². The highest BCUT2D eigenvalue weighted by atomic mass is 19.1. The Bertz CT molecular complexity index is 1740. The minimum Gasteiger partial charge on any atom is -0.458 e. The number of benzene rings is 1. The lowest BCUT2D eigenvalue weighted by molar-refractivity contribution is -0.172. The Hall–Kier alpha value is -3.67. The number of aliphatic hydroxyl groups is 2. The first kappa shape index (κ1) is 28.4. The molecular formula is C31H34FN3O7. The predicted molar refractivity (Wildman–Crippen MR) is 150 cm³/mol. The first-order valence-electron chi connectivity index (χ1n) is 14.2. The Morgan fingerprint density at radius 1 is 1.29 bits per heavy atom. The van der Waals surface area contributed by atoms with Gasteiger partial charge in [-0.15, -0.1) is 0 Å². The van der Waals surface area contributed by atoms with E-state index in [0.29, 0.717) is 51.8 Å². The molecule has 0 fully saturated rings. The third kappa shape index (κ3) is 4.25. The maximum atomic E-state index is 15.1. The van der Waals surface area contributed by atoms with Crippen LogP contribution in [0.5, 0.6) is 0 Å². The van der Waals surface area contributed by atoms with Crippen LogP contribution in [0.2, 0.25) is 0 Å². The van der Waals surface area contributed by atoms with Gasteiger partial charge in [-0.1, -0.05) is 27.7 Å². The smallest absolute Gasteiger partial charge is 0.343 e. The fourth-order valence-corrected chi connectivity index (χ4v) is 6.35. The van der Waals surface area contributed by atoms with Gasteiger partial charge in [-0.3, -0.25) is 9.59 Å². The maximum absolute atomic E-state index is 15.1. The van der Waals surface area contributed by atoms with Crippen LogP contribution >= 0.6 is 0 Å². The molecule has 3 N–H and O–H groups in total. The molecule has 4 heterocycles. The van der Waals surface area contributed by atoms with Gasteiger partial charge in [0.25, 0.3) is 11.5 Å². The summed E-state index contributed by atoms with van der Waals surface area (Å²) in [6.07, 6.45) is -0.768. The van der Waals surface area contributed by atoms with Crippen LogP contribution in [0, 0.1) is 18.2 Å². The van der Waals surface area contributed by atoms with E-state index in [-0.39, 0.29) is 42.7 Å². The van der Waals surface area contributed by atoms with Crippen molar-refractivity contribution in [3.05, 3.63) is 61.7 Å². The lowest BCUT2D eigenvalue weighted by Gasteiger charge is -2.31. The van der Waals surface area contributed by atoms with E-state index >= 15 is 4.39 Å². The van der Waals surface area contributed by atoms with Crippen LogP contribution in [0.25, 0.3) is 22.3 Å². The van der Waals surface area contributed by atoms with Crippen molar-refractivity contribution in [3.63, 3.8) is 0 Å². The van der Waals surface area contributed by atoms with Crippen molar-refractivity contribution in [2.24, 2.45) is 5.41 Å². The molecule has 3 aliphatic rings. The Kier molecular flexibility index (Phi) is 6.56. The number of hydrogen-bond acceptors (Lipinski definition) is 8. The minimum absolute atomic E-state index is 0.00650. The molecule has 0 radical (unpaired) electrons. The highest BCUT2D eigenvalue weighted by molar-refractivity contribution is 5.94. The average Bonchev–Trinajstić information content (AvgIpc) is 3.31. The highest BCUT2D eigenvalue weighted by Gasteiger charge is 2.46. The zero-order valence-corrected chi connectivity index (χ0v) is 24.3. The summed E-state index contributed by atoms with van der Waals surface area (Å²) in [4.78, 5) is 44.1. The minimum atomic E-state index is -1.98. The van der Waals surface area contributed by atoms with E-state index in [1.165, 1.54) is 10.6 Å². The molecule has 3 atom stereocenters. The second kappa shape index (κ2) is 9.68. The van der Waals surface area contributed by atoms with Crippen LogP contribution in [-0.4, -0.2) is 44.5 Å². The fourth-order valence-electron chi connectivity index (χ4n) is 6.35. The van der Waals surface area contributed by atoms with Crippen LogP contribution < -0.4 is 10.9 Å². The molecule has 2 aliphatic heterocycles. The Morgan fingerprint density at radius 3 is 2.71 bits per heavy atom. The highest BCUT2D eigenvalue weighted by Crippen LogP contribution is 2.46. The van der Waals surface area contributed by atoms with Gasteiger partial charge < -0.3 is 29.6 Å². The summed E-state index contributed by atoms with van der Waals surface area (Å²) in [7, 11) is 0. The van der Waals surface area contributed by atoms with Crippen molar-refractivity contribution in [1.29, 1.82) is 0 Å². The number of nitrogens with zero attached hydrogens (tertiary/aromatic N) is 2. The summed E-state index contributed by atoms with van der Waals surface area (Å²) in [6, 6.07) is 2.38. The number of esters is 1. The molecule has 1 unspecified atom stereocenters. The molecule has 10 nitrogen and oxygen atoms in total. The van der Waals surface area contributed by atoms with E-state index in [9.17, 15) is 24.6 Å². The number of halogens is 1. The van der Waals surface area contributed by atoms with E-state index in [1.54, 1.807) is 19.9 Å². The lowest BCUT2D eigenvalue weighted by Crippen LogP contribution is -2.44. The van der Waals surface area contributed by atoms with E-state index < -0.39 is 41.2 Å². The van der Waals surface area contributed by atoms with Crippen LogP contribution in [-0.2, 0) is 44.2 Å². The summed E-state index contributed by atoms with van der Waals surface area (Å²) in [6.45, 7) is 9.15. The van der Waals surface area contributed by atoms with Gasteiger partial charge >= 0.3 is 5.97 Å². The van der Waals surface area contributed by atoms with Crippen LogP contribution in [0.15, 0.2) is 16.9 Å². The molecular weight excluding hydrogens is 545 g/mol. The first-order valence-corrected chi connectivity index (χ1v) is 14.2. The van der Waals surface area contributed by atoms with Crippen molar-refractivity contribution < 1.29 is 33.7 Å². The van der Waals surface area contributed by atoms with Crippen molar-refractivity contribution in [2.75, 3.05) is 6.61 Å². The number of hydrogen-bond donors (Lipinski definition) is 3. The number of nitrogens with one attached hydrogen (secondary N) is 1. The zero-order valence-electron chi connectivity index (χ0n) is 24.3. The third-order valence-electron chi connectivity index (χ3n) is 8.59. The lowest BCUT2D eigenvalue weighted by atomic mass is 9.81. The van der Waals surface area contributed by atoms with Crippen molar-refractivity contribution in [2.45, 2.75) is 85.0 Å². The van der Waals surface area contributed by atoms with E-state index in [0.717, 1.165) is 5.56 Å². The fraction of sp³-hybridized carbons (Fsp3) is 0.484. The number of amides is 1. The number of fused-ring (bicyclic) bond motifs is 5. The molecule has 1 aliphatic carbocycles. The van der Waals surface area contributed by atoms with Gasteiger partial charge in [0.15, 0.2) is 5.60 Å². The molecule has 2 aromatic heterocycles. The monoisotopic (exact) mass is 579 g/mol.